The third-order valence-electron chi connectivity index (χ3n) is 4.03. The maximum absolute atomic E-state index is 3.43. The predicted octanol–water partition coefficient (Wildman–Crippen LogP) is 1.15. The molecule has 0 aromatic rings. The Bertz CT molecular complexity index is 217. The smallest absolute Gasteiger partial charge is 0.0281 e. The zero-order valence-electron chi connectivity index (χ0n) is 11.1. The van der Waals surface area contributed by atoms with Gasteiger partial charge in [-0.2, -0.15) is 0 Å². The fourth-order valence-corrected chi connectivity index (χ4v) is 2.81. The van der Waals surface area contributed by atoms with Gasteiger partial charge in [-0.1, -0.05) is 6.92 Å². The second-order valence-electron chi connectivity index (χ2n) is 5.84. The van der Waals surface area contributed by atoms with Gasteiger partial charge in [0.15, 0.2) is 0 Å². The van der Waals surface area contributed by atoms with Crippen LogP contribution < -0.4 is 5.32 Å². The lowest BCUT2D eigenvalue weighted by atomic mass is 10.0. The van der Waals surface area contributed by atoms with Gasteiger partial charge in [0.1, 0.15) is 0 Å². The molecule has 1 saturated heterocycles. The van der Waals surface area contributed by atoms with Crippen LogP contribution in [-0.4, -0.2) is 60.6 Å². The molecule has 1 aliphatic heterocycles. The van der Waals surface area contributed by atoms with Crippen LogP contribution in [-0.2, 0) is 0 Å². The van der Waals surface area contributed by atoms with Crippen molar-refractivity contribution in [1.29, 1.82) is 0 Å². The molecule has 1 N–H and O–H groups in total. The van der Waals surface area contributed by atoms with Crippen LogP contribution in [0.4, 0.5) is 0 Å². The first-order chi connectivity index (χ1) is 7.63. The summed E-state index contributed by atoms with van der Waals surface area (Å²) < 4.78 is 0. The molecule has 0 aromatic heterocycles. The van der Waals surface area contributed by atoms with Crippen LogP contribution in [0.2, 0.25) is 0 Å². The van der Waals surface area contributed by atoms with Crippen molar-refractivity contribution in [3.63, 3.8) is 0 Å². The average Bonchev–Trinajstić information content (AvgIpc) is 3.11. The number of piperazine rings is 1. The first-order valence-electron chi connectivity index (χ1n) is 6.83. The van der Waals surface area contributed by atoms with E-state index in [4.69, 9.17) is 0 Å². The van der Waals surface area contributed by atoms with Crippen molar-refractivity contribution < 1.29 is 0 Å². The zero-order chi connectivity index (χ0) is 11.6. The lowest BCUT2D eigenvalue weighted by Gasteiger charge is -2.43. The summed E-state index contributed by atoms with van der Waals surface area (Å²) in [5.74, 6) is 0. The minimum absolute atomic E-state index is 0.334. The summed E-state index contributed by atoms with van der Waals surface area (Å²) in [4.78, 5) is 5.32. The fourth-order valence-electron chi connectivity index (χ4n) is 2.81. The van der Waals surface area contributed by atoms with E-state index in [1.165, 1.54) is 39.0 Å². The summed E-state index contributed by atoms with van der Waals surface area (Å²) in [6.07, 6.45) is 2.84. The molecule has 3 nitrogen and oxygen atoms in total. The van der Waals surface area contributed by atoms with Crippen LogP contribution in [0.3, 0.4) is 0 Å². The van der Waals surface area contributed by atoms with Gasteiger partial charge < -0.3 is 5.32 Å². The molecule has 16 heavy (non-hydrogen) atoms. The largest absolute Gasteiger partial charge is 0.314 e. The summed E-state index contributed by atoms with van der Waals surface area (Å²) in [6, 6.07) is 0.896. The Morgan fingerprint density at radius 1 is 1.25 bits per heavy atom. The average molecular weight is 225 g/mol. The Hall–Kier alpha value is -0.120. The molecule has 0 amide bonds. The molecule has 0 bridgehead atoms. The molecule has 2 aliphatic rings. The van der Waals surface area contributed by atoms with Crippen molar-refractivity contribution in [3.8, 4) is 0 Å². The van der Waals surface area contributed by atoms with Gasteiger partial charge in [-0.05, 0) is 33.2 Å². The van der Waals surface area contributed by atoms with E-state index in [0.717, 1.165) is 19.1 Å². The van der Waals surface area contributed by atoms with Gasteiger partial charge in [-0.15, -0.1) is 0 Å². The molecule has 0 aromatic carbocycles. The van der Waals surface area contributed by atoms with Crippen molar-refractivity contribution in [2.24, 2.45) is 0 Å². The molecule has 0 spiro atoms. The third-order valence-corrected chi connectivity index (χ3v) is 4.03. The van der Waals surface area contributed by atoms with Crippen LogP contribution in [0.15, 0.2) is 0 Å². The summed E-state index contributed by atoms with van der Waals surface area (Å²) in [5, 5.41) is 3.43. The summed E-state index contributed by atoms with van der Waals surface area (Å²) in [5.41, 5.74) is 0.334. The van der Waals surface area contributed by atoms with Crippen LogP contribution in [0.25, 0.3) is 0 Å². The van der Waals surface area contributed by atoms with Crippen molar-refractivity contribution in [1.82, 2.24) is 15.1 Å². The third kappa shape index (κ3) is 2.96. The highest BCUT2D eigenvalue weighted by molar-refractivity contribution is 4.92. The summed E-state index contributed by atoms with van der Waals surface area (Å²) >= 11 is 0. The molecule has 1 heterocycles. The van der Waals surface area contributed by atoms with E-state index >= 15 is 0 Å². The van der Waals surface area contributed by atoms with Gasteiger partial charge in [-0.3, -0.25) is 9.80 Å². The van der Waals surface area contributed by atoms with E-state index in [2.05, 4.69) is 35.9 Å². The quantitative estimate of drug-likeness (QED) is 0.757. The van der Waals surface area contributed by atoms with Crippen LogP contribution in [0, 0.1) is 0 Å². The zero-order valence-corrected chi connectivity index (χ0v) is 11.1. The second-order valence-corrected chi connectivity index (χ2v) is 5.84. The number of rotatable bonds is 5. The van der Waals surface area contributed by atoms with Gasteiger partial charge >= 0.3 is 0 Å². The topological polar surface area (TPSA) is 18.5 Å². The second kappa shape index (κ2) is 5.03. The predicted molar refractivity (Wildman–Crippen MR) is 68.8 cm³/mol. The highest BCUT2D eigenvalue weighted by Crippen LogP contribution is 2.29. The van der Waals surface area contributed by atoms with Gasteiger partial charge in [0, 0.05) is 44.3 Å². The monoisotopic (exact) mass is 225 g/mol. The van der Waals surface area contributed by atoms with E-state index in [0.29, 0.717) is 5.54 Å². The normalized spacial score (nSPS) is 24.0. The van der Waals surface area contributed by atoms with E-state index in [1.807, 2.05) is 0 Å². The Morgan fingerprint density at radius 3 is 2.38 bits per heavy atom. The van der Waals surface area contributed by atoms with Crippen molar-refractivity contribution >= 4 is 0 Å². The molecule has 1 saturated carbocycles. The standard InChI is InChI=1S/C13H27N3/c1-4-15(12-5-6-12)11-13(2,3)16-9-7-14-8-10-16/h12,14H,4-11H2,1-3H3. The van der Waals surface area contributed by atoms with Gasteiger partial charge in [0.25, 0.3) is 0 Å². The van der Waals surface area contributed by atoms with Gasteiger partial charge in [0.2, 0.25) is 0 Å². The molecular weight excluding hydrogens is 198 g/mol. The van der Waals surface area contributed by atoms with Crippen molar-refractivity contribution in [3.05, 3.63) is 0 Å². The first-order valence-corrected chi connectivity index (χ1v) is 6.83. The molecule has 0 radical (unpaired) electrons. The van der Waals surface area contributed by atoms with E-state index in [1.54, 1.807) is 0 Å². The van der Waals surface area contributed by atoms with Crippen molar-refractivity contribution in [2.45, 2.75) is 45.2 Å². The minimum Gasteiger partial charge on any atom is -0.314 e. The number of likely N-dealkylation sites (N-methyl/N-ethyl adjacent to an activating group) is 1. The Morgan fingerprint density at radius 2 is 1.88 bits per heavy atom. The lowest BCUT2D eigenvalue weighted by molar-refractivity contribution is 0.0621. The first kappa shape index (κ1) is 12.3. The maximum Gasteiger partial charge on any atom is 0.0281 e. The van der Waals surface area contributed by atoms with Crippen LogP contribution in [0.1, 0.15) is 33.6 Å². The van der Waals surface area contributed by atoms with E-state index in [-0.39, 0.29) is 0 Å². The number of nitrogens with one attached hydrogen (secondary N) is 1. The van der Waals surface area contributed by atoms with E-state index in [9.17, 15) is 0 Å². The van der Waals surface area contributed by atoms with Crippen LogP contribution in [0.5, 0.6) is 0 Å². The van der Waals surface area contributed by atoms with Crippen LogP contribution >= 0.6 is 0 Å². The Labute approximate surface area is 100 Å². The molecule has 2 fully saturated rings. The Kier molecular flexibility index (Phi) is 3.88. The lowest BCUT2D eigenvalue weighted by Crippen LogP contribution is -2.57. The highest BCUT2D eigenvalue weighted by atomic mass is 15.3. The molecule has 94 valence electrons. The number of hydrogen-bond donors (Lipinski definition) is 1. The summed E-state index contributed by atoms with van der Waals surface area (Å²) in [6.45, 7) is 14.3. The van der Waals surface area contributed by atoms with E-state index < -0.39 is 0 Å². The molecule has 0 atom stereocenters. The minimum atomic E-state index is 0.334. The number of hydrogen-bond acceptors (Lipinski definition) is 3. The van der Waals surface area contributed by atoms with Gasteiger partial charge in [-0.25, -0.2) is 0 Å². The molecule has 0 unspecified atom stereocenters. The Balaban J connectivity index is 1.88. The highest BCUT2D eigenvalue weighted by Gasteiger charge is 2.35. The van der Waals surface area contributed by atoms with Crippen molar-refractivity contribution in [2.75, 3.05) is 39.3 Å². The van der Waals surface area contributed by atoms with Gasteiger partial charge in [0.05, 0.1) is 0 Å². The SMILES string of the molecule is CCN(CC(C)(C)N1CCNCC1)C1CC1. The number of nitrogens with zero attached hydrogens (tertiary/aromatic N) is 2. The fraction of sp³-hybridized carbons (Fsp3) is 1.00. The molecule has 3 heteroatoms. The summed E-state index contributed by atoms with van der Waals surface area (Å²) in [7, 11) is 0. The molecular formula is C13H27N3. The molecule has 1 aliphatic carbocycles. The molecule has 2 rings (SSSR count). The maximum atomic E-state index is 3.43.